The molecule has 1 saturated heterocycles. The van der Waals surface area contributed by atoms with Crippen molar-refractivity contribution < 1.29 is 9.59 Å². The van der Waals surface area contributed by atoms with Crippen LogP contribution in [-0.2, 0) is 4.79 Å². The molecule has 0 spiro atoms. The second-order valence-corrected chi connectivity index (χ2v) is 7.83. The fraction of sp³-hybridized carbons (Fsp3) is 0.421. The third kappa shape index (κ3) is 4.77. The normalized spacial score (nSPS) is 15.4. The predicted octanol–water partition coefficient (Wildman–Crippen LogP) is 2.62. The molecular formula is C19H25N5O2S. The second-order valence-electron chi connectivity index (χ2n) is 6.63. The summed E-state index contributed by atoms with van der Waals surface area (Å²) in [6.45, 7) is 8.34. The molecule has 1 aliphatic rings. The maximum atomic E-state index is 12.5. The Balaban J connectivity index is 1.48. The zero-order chi connectivity index (χ0) is 19.4. The van der Waals surface area contributed by atoms with Crippen molar-refractivity contribution in [2.24, 2.45) is 0 Å². The van der Waals surface area contributed by atoms with Crippen molar-refractivity contribution in [3.05, 3.63) is 40.9 Å². The molecule has 0 unspecified atom stereocenters. The van der Waals surface area contributed by atoms with Crippen LogP contribution in [0.5, 0.6) is 0 Å². The third-order valence-electron chi connectivity index (χ3n) is 4.68. The van der Waals surface area contributed by atoms with Crippen LogP contribution in [0.15, 0.2) is 30.3 Å². The summed E-state index contributed by atoms with van der Waals surface area (Å²) in [5.41, 5.74) is 2.07. The van der Waals surface area contributed by atoms with Crippen LogP contribution >= 0.6 is 11.3 Å². The van der Waals surface area contributed by atoms with Gasteiger partial charge in [-0.2, -0.15) is 0 Å². The third-order valence-corrected chi connectivity index (χ3v) is 5.67. The highest BCUT2D eigenvalue weighted by molar-refractivity contribution is 7.15. The maximum absolute atomic E-state index is 12.5. The van der Waals surface area contributed by atoms with Crippen molar-refractivity contribution in [3.8, 4) is 0 Å². The fourth-order valence-electron chi connectivity index (χ4n) is 2.89. The van der Waals surface area contributed by atoms with Gasteiger partial charge in [-0.15, -0.1) is 11.3 Å². The van der Waals surface area contributed by atoms with E-state index in [1.165, 1.54) is 17.0 Å². The van der Waals surface area contributed by atoms with Crippen molar-refractivity contribution >= 4 is 34.1 Å². The lowest BCUT2D eigenvalue weighted by molar-refractivity contribution is -0.117. The highest BCUT2D eigenvalue weighted by Gasteiger charge is 2.24. The SMILES string of the molecule is Cc1nc(NC(=O)[C@@H](C)NC(=O)N2CCN(c3ccccc3)CC2)sc1C. The zero-order valence-electron chi connectivity index (χ0n) is 15.9. The van der Waals surface area contributed by atoms with E-state index in [2.05, 4.69) is 32.7 Å². The summed E-state index contributed by atoms with van der Waals surface area (Å²) in [6, 6.07) is 9.33. The van der Waals surface area contributed by atoms with Crippen LogP contribution in [0.4, 0.5) is 15.6 Å². The molecule has 3 rings (SSSR count). The number of anilines is 2. The first-order valence-electron chi connectivity index (χ1n) is 9.04. The first-order chi connectivity index (χ1) is 12.9. The predicted molar refractivity (Wildman–Crippen MR) is 108 cm³/mol. The number of rotatable bonds is 4. The second kappa shape index (κ2) is 8.39. The summed E-state index contributed by atoms with van der Waals surface area (Å²) in [6.07, 6.45) is 0. The molecule has 2 aromatic rings. The topological polar surface area (TPSA) is 77.6 Å². The standard InChI is InChI=1S/C19H25N5O2S/c1-13-15(3)27-18(20-13)22-17(25)14(2)21-19(26)24-11-9-23(10-12-24)16-7-5-4-6-8-16/h4-8,14H,9-12H2,1-3H3,(H,21,26)(H,20,22,25)/t14-/m1/s1. The molecule has 1 aromatic carbocycles. The maximum Gasteiger partial charge on any atom is 0.318 e. The average Bonchev–Trinajstić information content (AvgIpc) is 2.99. The number of urea groups is 1. The number of thiazole rings is 1. The minimum absolute atomic E-state index is 0.211. The van der Waals surface area contributed by atoms with Crippen molar-refractivity contribution in [2.45, 2.75) is 26.8 Å². The molecule has 8 heteroatoms. The van der Waals surface area contributed by atoms with Crippen LogP contribution in [0.2, 0.25) is 0 Å². The van der Waals surface area contributed by atoms with Crippen molar-refractivity contribution in [1.82, 2.24) is 15.2 Å². The Bertz CT molecular complexity index is 780. The number of nitrogens with one attached hydrogen (secondary N) is 2. The van der Waals surface area contributed by atoms with Crippen LogP contribution in [0.3, 0.4) is 0 Å². The van der Waals surface area contributed by atoms with Crippen molar-refractivity contribution in [2.75, 3.05) is 36.4 Å². The average molecular weight is 388 g/mol. The molecule has 0 bridgehead atoms. The summed E-state index contributed by atoms with van der Waals surface area (Å²) in [7, 11) is 0. The number of amides is 3. The molecule has 1 aliphatic heterocycles. The molecule has 144 valence electrons. The molecule has 1 fully saturated rings. The van der Waals surface area contributed by atoms with Gasteiger partial charge in [-0.3, -0.25) is 4.79 Å². The number of hydrogen-bond acceptors (Lipinski definition) is 5. The van der Waals surface area contributed by atoms with Gasteiger partial charge >= 0.3 is 6.03 Å². The van der Waals surface area contributed by atoms with Gasteiger partial charge in [0.1, 0.15) is 6.04 Å². The Labute approximate surface area is 163 Å². The van der Waals surface area contributed by atoms with Gasteiger partial charge in [0.05, 0.1) is 5.69 Å². The Kier molecular flexibility index (Phi) is 5.95. The van der Waals surface area contributed by atoms with E-state index in [9.17, 15) is 9.59 Å². The van der Waals surface area contributed by atoms with Gasteiger partial charge in [0.2, 0.25) is 5.91 Å². The van der Waals surface area contributed by atoms with E-state index in [0.29, 0.717) is 18.2 Å². The Morgan fingerprint density at radius 1 is 1.11 bits per heavy atom. The van der Waals surface area contributed by atoms with Gasteiger partial charge < -0.3 is 20.4 Å². The molecular weight excluding hydrogens is 362 g/mol. The molecule has 1 atom stereocenters. The van der Waals surface area contributed by atoms with Crippen LogP contribution in [0.25, 0.3) is 0 Å². The molecule has 2 N–H and O–H groups in total. The Morgan fingerprint density at radius 3 is 2.37 bits per heavy atom. The van der Waals surface area contributed by atoms with Gasteiger partial charge in [-0.1, -0.05) is 18.2 Å². The molecule has 0 saturated carbocycles. The largest absolute Gasteiger partial charge is 0.368 e. The van der Waals surface area contributed by atoms with E-state index in [4.69, 9.17) is 0 Å². The van der Waals surface area contributed by atoms with Crippen LogP contribution in [0, 0.1) is 13.8 Å². The van der Waals surface area contributed by atoms with Gasteiger partial charge in [0.15, 0.2) is 5.13 Å². The lowest BCUT2D eigenvalue weighted by Crippen LogP contribution is -2.54. The van der Waals surface area contributed by atoms with Gasteiger partial charge in [-0.25, -0.2) is 9.78 Å². The number of benzene rings is 1. The number of aryl methyl sites for hydroxylation is 2. The van der Waals surface area contributed by atoms with Crippen LogP contribution < -0.4 is 15.5 Å². The van der Waals surface area contributed by atoms with Gasteiger partial charge in [-0.05, 0) is 32.9 Å². The number of carbonyl (C=O) groups excluding carboxylic acids is 2. The molecule has 0 aliphatic carbocycles. The van der Waals surface area contributed by atoms with Crippen molar-refractivity contribution in [3.63, 3.8) is 0 Å². The number of piperazine rings is 1. The monoisotopic (exact) mass is 387 g/mol. The summed E-state index contributed by atoms with van der Waals surface area (Å²) in [5.74, 6) is -0.264. The summed E-state index contributed by atoms with van der Waals surface area (Å²) >= 11 is 1.43. The smallest absolute Gasteiger partial charge is 0.318 e. The Morgan fingerprint density at radius 2 is 1.78 bits per heavy atom. The van der Waals surface area contributed by atoms with E-state index in [0.717, 1.165) is 23.7 Å². The lowest BCUT2D eigenvalue weighted by Gasteiger charge is -2.36. The van der Waals surface area contributed by atoms with Crippen LogP contribution in [-0.4, -0.2) is 54.0 Å². The number of para-hydroxylation sites is 1. The van der Waals surface area contributed by atoms with E-state index >= 15 is 0 Å². The van der Waals surface area contributed by atoms with Gasteiger partial charge in [0, 0.05) is 36.7 Å². The minimum Gasteiger partial charge on any atom is -0.368 e. The van der Waals surface area contributed by atoms with E-state index in [1.807, 2.05) is 32.0 Å². The first-order valence-corrected chi connectivity index (χ1v) is 9.86. The molecule has 27 heavy (non-hydrogen) atoms. The van der Waals surface area contributed by atoms with Gasteiger partial charge in [0.25, 0.3) is 0 Å². The number of hydrogen-bond donors (Lipinski definition) is 2. The summed E-state index contributed by atoms with van der Waals surface area (Å²) in [5, 5.41) is 6.11. The number of aromatic nitrogens is 1. The minimum atomic E-state index is -0.630. The molecule has 1 aromatic heterocycles. The molecule has 3 amide bonds. The highest BCUT2D eigenvalue weighted by Crippen LogP contribution is 2.21. The Hall–Kier alpha value is -2.61. The number of nitrogens with zero attached hydrogens (tertiary/aromatic N) is 3. The first kappa shape index (κ1) is 19.2. The van der Waals surface area contributed by atoms with E-state index in [1.54, 1.807) is 11.8 Å². The quantitative estimate of drug-likeness (QED) is 0.845. The molecule has 2 heterocycles. The van der Waals surface area contributed by atoms with Crippen molar-refractivity contribution in [1.29, 1.82) is 0 Å². The summed E-state index contributed by atoms with van der Waals surface area (Å²) < 4.78 is 0. The fourth-order valence-corrected chi connectivity index (χ4v) is 3.71. The summed E-state index contributed by atoms with van der Waals surface area (Å²) in [4.78, 5) is 34.1. The van der Waals surface area contributed by atoms with E-state index in [-0.39, 0.29) is 11.9 Å². The lowest BCUT2D eigenvalue weighted by atomic mass is 10.2. The van der Waals surface area contributed by atoms with E-state index < -0.39 is 6.04 Å². The molecule has 0 radical (unpaired) electrons. The zero-order valence-corrected chi connectivity index (χ0v) is 16.7. The molecule has 7 nitrogen and oxygen atoms in total. The number of carbonyl (C=O) groups is 2. The highest BCUT2D eigenvalue weighted by atomic mass is 32.1. The van der Waals surface area contributed by atoms with Crippen LogP contribution in [0.1, 0.15) is 17.5 Å².